The smallest absolute Gasteiger partial charge is 0.170 e. The van der Waals surface area contributed by atoms with Gasteiger partial charge in [0.05, 0.1) is 12.3 Å². The number of hydrogen-bond acceptors (Lipinski definition) is 5. The molecule has 0 unspecified atom stereocenters. The van der Waals surface area contributed by atoms with Gasteiger partial charge in [0.2, 0.25) is 0 Å². The lowest BCUT2D eigenvalue weighted by atomic mass is 9.91. The Labute approximate surface area is 175 Å². The van der Waals surface area contributed by atoms with Gasteiger partial charge in [0.25, 0.3) is 0 Å². The van der Waals surface area contributed by atoms with E-state index in [1.165, 1.54) is 12.1 Å². The van der Waals surface area contributed by atoms with E-state index in [2.05, 4.69) is 10.1 Å². The average Bonchev–Trinajstić information content (AvgIpc) is 3.14. The van der Waals surface area contributed by atoms with Gasteiger partial charge in [-0.1, -0.05) is 5.16 Å². The Hall–Kier alpha value is -2.73. The number of carbonyl (C=O) groups excluding carboxylic acids is 1. The van der Waals surface area contributed by atoms with E-state index < -0.39 is 0 Å². The second-order valence-corrected chi connectivity index (χ2v) is 8.12. The van der Waals surface area contributed by atoms with Crippen LogP contribution in [0.3, 0.4) is 0 Å². The molecule has 158 valence electrons. The second kappa shape index (κ2) is 8.96. The molecule has 0 N–H and O–H groups in total. The zero-order valence-electron chi connectivity index (χ0n) is 17.5. The minimum absolute atomic E-state index is 0.0523. The Morgan fingerprint density at radius 1 is 1.23 bits per heavy atom. The van der Waals surface area contributed by atoms with Crippen LogP contribution < -0.4 is 4.74 Å². The van der Waals surface area contributed by atoms with Crippen LogP contribution in [0.4, 0.5) is 4.39 Å². The first-order chi connectivity index (χ1) is 14.5. The van der Waals surface area contributed by atoms with E-state index in [1.807, 2.05) is 25.1 Å². The van der Waals surface area contributed by atoms with Crippen LogP contribution in [0.15, 0.2) is 40.9 Å². The van der Waals surface area contributed by atoms with Crippen molar-refractivity contribution in [2.75, 3.05) is 26.2 Å². The fraction of sp³-hybridized carbons (Fsp3) is 0.417. The minimum atomic E-state index is -0.301. The Kier molecular flexibility index (Phi) is 6.13. The van der Waals surface area contributed by atoms with Gasteiger partial charge in [-0.05, 0) is 82.1 Å². The number of benzene rings is 2. The lowest BCUT2D eigenvalue weighted by molar-refractivity contribution is 0.101. The van der Waals surface area contributed by atoms with Gasteiger partial charge in [0.1, 0.15) is 11.6 Å². The topological polar surface area (TPSA) is 55.6 Å². The van der Waals surface area contributed by atoms with Crippen LogP contribution in [-0.4, -0.2) is 42.1 Å². The van der Waals surface area contributed by atoms with Crippen LogP contribution in [0.5, 0.6) is 5.75 Å². The number of hydrogen-bond donors (Lipinski definition) is 0. The molecule has 3 aromatic rings. The molecule has 0 radical (unpaired) electrons. The van der Waals surface area contributed by atoms with Gasteiger partial charge < -0.3 is 14.2 Å². The van der Waals surface area contributed by atoms with Crippen molar-refractivity contribution in [2.24, 2.45) is 0 Å². The summed E-state index contributed by atoms with van der Waals surface area (Å²) in [5, 5.41) is 5.14. The van der Waals surface area contributed by atoms with Gasteiger partial charge in [-0.3, -0.25) is 4.79 Å². The van der Waals surface area contributed by atoms with Crippen LogP contribution in [0, 0.1) is 12.7 Å². The largest absolute Gasteiger partial charge is 0.494 e. The molecule has 0 atom stereocenters. The number of nitrogens with zero attached hydrogens (tertiary/aromatic N) is 2. The highest BCUT2D eigenvalue weighted by Gasteiger charge is 2.25. The summed E-state index contributed by atoms with van der Waals surface area (Å²) in [6.45, 7) is 7.14. The van der Waals surface area contributed by atoms with Crippen LogP contribution in [0.1, 0.15) is 53.7 Å². The summed E-state index contributed by atoms with van der Waals surface area (Å²) >= 11 is 0. The molecule has 5 nitrogen and oxygen atoms in total. The summed E-state index contributed by atoms with van der Waals surface area (Å²) in [6, 6.07) is 10.3. The maximum atomic E-state index is 13.4. The molecule has 2 heterocycles. The van der Waals surface area contributed by atoms with Crippen molar-refractivity contribution >= 4 is 16.8 Å². The molecule has 0 amide bonds. The molecule has 1 aliphatic heterocycles. The summed E-state index contributed by atoms with van der Waals surface area (Å²) in [5.41, 5.74) is 3.19. The molecule has 1 saturated heterocycles. The normalized spacial score (nSPS) is 15.6. The third kappa shape index (κ3) is 4.70. The first kappa shape index (κ1) is 20.5. The van der Waals surface area contributed by atoms with Crippen LogP contribution >= 0.6 is 0 Å². The number of carbonyl (C=O) groups is 1. The summed E-state index contributed by atoms with van der Waals surface area (Å²) in [6.07, 6.45) is 2.96. The fourth-order valence-electron chi connectivity index (χ4n) is 4.17. The molecule has 0 aliphatic carbocycles. The van der Waals surface area contributed by atoms with Crippen molar-refractivity contribution in [3.63, 3.8) is 0 Å². The highest BCUT2D eigenvalue weighted by atomic mass is 19.1. The van der Waals surface area contributed by atoms with Crippen molar-refractivity contribution in [2.45, 2.75) is 39.0 Å². The number of piperidine rings is 1. The quantitative estimate of drug-likeness (QED) is 0.399. The fourth-order valence-corrected chi connectivity index (χ4v) is 4.17. The first-order valence-corrected chi connectivity index (χ1v) is 10.5. The number of Topliss-reactive ketones (excluding diaryl/α,β-unsaturated/α-hetero) is 1. The minimum Gasteiger partial charge on any atom is -0.494 e. The Morgan fingerprint density at radius 3 is 2.80 bits per heavy atom. The van der Waals surface area contributed by atoms with E-state index in [0.29, 0.717) is 23.7 Å². The van der Waals surface area contributed by atoms with E-state index in [9.17, 15) is 9.18 Å². The molecule has 0 bridgehead atoms. The Balaban J connectivity index is 1.24. The molecule has 0 saturated carbocycles. The van der Waals surface area contributed by atoms with Crippen LogP contribution in [0.2, 0.25) is 0 Å². The maximum absolute atomic E-state index is 13.4. The Morgan fingerprint density at radius 2 is 2.03 bits per heavy atom. The third-order valence-corrected chi connectivity index (χ3v) is 5.78. The molecule has 0 spiro atoms. The van der Waals surface area contributed by atoms with E-state index in [1.54, 1.807) is 13.0 Å². The van der Waals surface area contributed by atoms with Crippen molar-refractivity contribution < 1.29 is 18.4 Å². The molecular formula is C24H27FN2O3. The molecule has 1 fully saturated rings. The van der Waals surface area contributed by atoms with E-state index >= 15 is 0 Å². The highest BCUT2D eigenvalue weighted by molar-refractivity contribution is 5.94. The first-order valence-electron chi connectivity index (χ1n) is 10.5. The van der Waals surface area contributed by atoms with E-state index in [-0.39, 0.29) is 11.6 Å². The Bertz CT molecular complexity index is 1040. The van der Waals surface area contributed by atoms with Gasteiger partial charge >= 0.3 is 0 Å². The standard InChI is InChI=1S/C24H27FN2O3/c1-16-12-19(17(2)28)14-21(13-16)29-11-3-8-27-9-6-18(7-10-27)24-22-5-4-20(25)15-23(22)30-26-24/h4-5,12-15,18H,3,6-11H2,1-2H3. The maximum Gasteiger partial charge on any atom is 0.170 e. The highest BCUT2D eigenvalue weighted by Crippen LogP contribution is 2.32. The zero-order chi connectivity index (χ0) is 21.1. The summed E-state index contributed by atoms with van der Waals surface area (Å²) in [7, 11) is 0. The molecule has 2 aromatic carbocycles. The molecule has 1 aliphatic rings. The third-order valence-electron chi connectivity index (χ3n) is 5.78. The summed E-state index contributed by atoms with van der Waals surface area (Å²) in [5.74, 6) is 0.858. The van der Waals surface area contributed by atoms with E-state index in [0.717, 1.165) is 61.3 Å². The van der Waals surface area contributed by atoms with Gasteiger partial charge in [-0.2, -0.15) is 0 Å². The molecular weight excluding hydrogens is 383 g/mol. The SMILES string of the molecule is CC(=O)c1cc(C)cc(OCCCN2CCC(c3noc4cc(F)ccc34)CC2)c1. The van der Waals surface area contributed by atoms with Gasteiger partial charge in [0, 0.05) is 29.5 Å². The van der Waals surface area contributed by atoms with Crippen LogP contribution in [0.25, 0.3) is 11.0 Å². The predicted molar refractivity (Wildman–Crippen MR) is 114 cm³/mol. The zero-order valence-corrected chi connectivity index (χ0v) is 17.5. The van der Waals surface area contributed by atoms with Crippen LogP contribution in [-0.2, 0) is 0 Å². The molecule has 30 heavy (non-hydrogen) atoms. The summed E-state index contributed by atoms with van der Waals surface area (Å²) in [4.78, 5) is 14.0. The van der Waals surface area contributed by atoms with Gasteiger partial charge in [-0.25, -0.2) is 4.39 Å². The molecule has 6 heteroatoms. The predicted octanol–water partition coefficient (Wildman–Crippen LogP) is 5.13. The average molecular weight is 410 g/mol. The lowest BCUT2D eigenvalue weighted by Gasteiger charge is -2.31. The number of ketones is 1. The number of fused-ring (bicyclic) bond motifs is 1. The molecule has 1 aromatic heterocycles. The number of likely N-dealkylation sites (tertiary alicyclic amines) is 1. The number of ether oxygens (including phenoxy) is 1. The number of aryl methyl sites for hydroxylation is 1. The van der Waals surface area contributed by atoms with Crippen molar-refractivity contribution in [1.82, 2.24) is 10.1 Å². The second-order valence-electron chi connectivity index (χ2n) is 8.12. The number of aromatic nitrogens is 1. The van der Waals surface area contributed by atoms with Gasteiger partial charge in [-0.15, -0.1) is 0 Å². The van der Waals surface area contributed by atoms with Crippen molar-refractivity contribution in [3.8, 4) is 5.75 Å². The molecule has 4 rings (SSSR count). The number of rotatable bonds is 7. The van der Waals surface area contributed by atoms with Crippen molar-refractivity contribution in [1.29, 1.82) is 0 Å². The number of halogens is 1. The monoisotopic (exact) mass is 410 g/mol. The van der Waals surface area contributed by atoms with Gasteiger partial charge in [0.15, 0.2) is 11.4 Å². The summed E-state index contributed by atoms with van der Waals surface area (Å²) < 4.78 is 24.5. The van der Waals surface area contributed by atoms with E-state index in [4.69, 9.17) is 9.26 Å². The van der Waals surface area contributed by atoms with Crippen molar-refractivity contribution in [3.05, 3.63) is 59.0 Å². The lowest BCUT2D eigenvalue weighted by Crippen LogP contribution is -2.34.